The van der Waals surface area contributed by atoms with Gasteiger partial charge in [-0.3, -0.25) is 4.79 Å². The molecule has 0 atom stereocenters. The van der Waals surface area contributed by atoms with E-state index in [4.69, 9.17) is 15.2 Å². The van der Waals surface area contributed by atoms with Crippen molar-refractivity contribution in [1.29, 1.82) is 0 Å². The van der Waals surface area contributed by atoms with Crippen LogP contribution >= 0.6 is 0 Å². The van der Waals surface area contributed by atoms with E-state index in [1.165, 1.54) is 6.92 Å². The molecular weight excluding hydrogens is 206 g/mol. The van der Waals surface area contributed by atoms with Crippen molar-refractivity contribution in [2.45, 2.75) is 13.3 Å². The molecule has 4 heteroatoms. The molecule has 0 aliphatic carbocycles. The third-order valence-corrected chi connectivity index (χ3v) is 2.17. The number of nitrogen functional groups attached to an aromatic ring is 1. The summed E-state index contributed by atoms with van der Waals surface area (Å²) < 4.78 is 10.4. The van der Waals surface area contributed by atoms with E-state index < -0.39 is 0 Å². The van der Waals surface area contributed by atoms with Crippen LogP contribution < -0.4 is 10.5 Å². The van der Waals surface area contributed by atoms with E-state index in [0.29, 0.717) is 30.2 Å². The third kappa shape index (κ3) is 3.55. The molecule has 16 heavy (non-hydrogen) atoms. The van der Waals surface area contributed by atoms with Gasteiger partial charge in [-0.1, -0.05) is 0 Å². The molecule has 0 aliphatic rings. The van der Waals surface area contributed by atoms with Gasteiger partial charge in [0.25, 0.3) is 0 Å². The Hall–Kier alpha value is -1.55. The largest absolute Gasteiger partial charge is 0.493 e. The summed E-state index contributed by atoms with van der Waals surface area (Å²) in [6.07, 6.45) is 0.816. The van der Waals surface area contributed by atoms with Crippen LogP contribution in [0.25, 0.3) is 0 Å². The van der Waals surface area contributed by atoms with Gasteiger partial charge in [-0.05, 0) is 25.1 Å². The molecule has 0 unspecified atom stereocenters. The first-order valence-electron chi connectivity index (χ1n) is 5.17. The van der Waals surface area contributed by atoms with E-state index in [0.717, 1.165) is 6.42 Å². The number of Topliss-reactive ketones (excluding diaryl/α,β-unsaturated/α-hetero) is 1. The second-order valence-corrected chi connectivity index (χ2v) is 3.50. The Balaban J connectivity index is 2.61. The number of hydrogen-bond acceptors (Lipinski definition) is 4. The molecule has 1 aromatic rings. The highest BCUT2D eigenvalue weighted by molar-refractivity contribution is 5.99. The Labute approximate surface area is 95.3 Å². The van der Waals surface area contributed by atoms with Crippen molar-refractivity contribution in [2.24, 2.45) is 0 Å². The van der Waals surface area contributed by atoms with Crippen molar-refractivity contribution in [3.63, 3.8) is 0 Å². The minimum Gasteiger partial charge on any atom is -0.493 e. The quantitative estimate of drug-likeness (QED) is 0.454. The van der Waals surface area contributed by atoms with Crippen LogP contribution in [-0.4, -0.2) is 26.1 Å². The zero-order valence-electron chi connectivity index (χ0n) is 9.66. The molecule has 4 nitrogen and oxygen atoms in total. The van der Waals surface area contributed by atoms with Gasteiger partial charge >= 0.3 is 0 Å². The third-order valence-electron chi connectivity index (χ3n) is 2.17. The van der Waals surface area contributed by atoms with E-state index in [1.807, 2.05) is 0 Å². The van der Waals surface area contributed by atoms with Crippen molar-refractivity contribution in [1.82, 2.24) is 0 Å². The van der Waals surface area contributed by atoms with E-state index in [2.05, 4.69) is 0 Å². The second kappa shape index (κ2) is 6.12. The van der Waals surface area contributed by atoms with E-state index in [1.54, 1.807) is 25.3 Å². The highest BCUT2D eigenvalue weighted by Gasteiger charge is 2.06. The molecule has 88 valence electrons. The SMILES string of the molecule is COCCCOc1ccc(N)c(C(C)=O)c1. The number of benzene rings is 1. The highest BCUT2D eigenvalue weighted by atomic mass is 16.5. The van der Waals surface area contributed by atoms with Crippen LogP contribution in [0.15, 0.2) is 18.2 Å². The van der Waals surface area contributed by atoms with Crippen LogP contribution in [0.3, 0.4) is 0 Å². The normalized spacial score (nSPS) is 10.1. The Kier molecular flexibility index (Phi) is 4.79. The predicted molar refractivity (Wildman–Crippen MR) is 62.8 cm³/mol. The van der Waals surface area contributed by atoms with Crippen LogP contribution in [0.2, 0.25) is 0 Å². The Morgan fingerprint density at radius 2 is 2.12 bits per heavy atom. The van der Waals surface area contributed by atoms with Gasteiger partial charge < -0.3 is 15.2 Å². The summed E-state index contributed by atoms with van der Waals surface area (Å²) in [5, 5.41) is 0. The second-order valence-electron chi connectivity index (χ2n) is 3.50. The first-order chi connectivity index (χ1) is 7.65. The summed E-state index contributed by atoms with van der Waals surface area (Å²) >= 11 is 0. The molecule has 0 saturated carbocycles. The maximum atomic E-state index is 11.2. The molecule has 0 aromatic heterocycles. The number of ether oxygens (including phenoxy) is 2. The van der Waals surface area contributed by atoms with Crippen LogP contribution in [0, 0.1) is 0 Å². The molecule has 0 aliphatic heterocycles. The van der Waals surface area contributed by atoms with E-state index in [9.17, 15) is 4.79 Å². The maximum Gasteiger partial charge on any atom is 0.162 e. The molecule has 0 amide bonds. The molecule has 2 N–H and O–H groups in total. The molecule has 0 saturated heterocycles. The zero-order chi connectivity index (χ0) is 12.0. The number of anilines is 1. The number of methoxy groups -OCH3 is 1. The minimum atomic E-state index is -0.0557. The molecule has 1 aromatic carbocycles. The summed E-state index contributed by atoms with van der Waals surface area (Å²) in [4.78, 5) is 11.2. The summed E-state index contributed by atoms with van der Waals surface area (Å²) in [5.74, 6) is 0.607. The number of carbonyl (C=O) groups excluding carboxylic acids is 1. The molecule has 1 rings (SSSR count). The van der Waals surface area contributed by atoms with Gasteiger partial charge in [0, 0.05) is 31.4 Å². The van der Waals surface area contributed by atoms with Gasteiger partial charge in [0.15, 0.2) is 5.78 Å². The molecule has 0 spiro atoms. The molecular formula is C12H17NO3. The Morgan fingerprint density at radius 3 is 2.75 bits per heavy atom. The lowest BCUT2D eigenvalue weighted by molar-refractivity contribution is 0.101. The smallest absolute Gasteiger partial charge is 0.162 e. The fourth-order valence-corrected chi connectivity index (χ4v) is 1.32. The standard InChI is InChI=1S/C12H17NO3/c1-9(14)11-8-10(4-5-12(11)13)16-7-3-6-15-2/h4-5,8H,3,6-7,13H2,1-2H3. The number of rotatable bonds is 6. The topological polar surface area (TPSA) is 61.6 Å². The first kappa shape index (κ1) is 12.5. The molecule has 0 fully saturated rings. The zero-order valence-corrected chi connectivity index (χ0v) is 9.66. The van der Waals surface area contributed by atoms with Gasteiger partial charge in [-0.25, -0.2) is 0 Å². The van der Waals surface area contributed by atoms with Crippen LogP contribution in [0.1, 0.15) is 23.7 Å². The van der Waals surface area contributed by atoms with E-state index >= 15 is 0 Å². The van der Waals surface area contributed by atoms with Crippen LogP contribution in [0.5, 0.6) is 5.75 Å². The highest BCUT2D eigenvalue weighted by Crippen LogP contribution is 2.20. The molecule has 0 heterocycles. The lowest BCUT2D eigenvalue weighted by Crippen LogP contribution is -2.04. The van der Waals surface area contributed by atoms with Crippen LogP contribution in [-0.2, 0) is 4.74 Å². The monoisotopic (exact) mass is 223 g/mol. The Bertz CT molecular complexity index is 363. The van der Waals surface area contributed by atoms with Gasteiger partial charge in [0.2, 0.25) is 0 Å². The summed E-state index contributed by atoms with van der Waals surface area (Å²) in [6.45, 7) is 2.71. The lowest BCUT2D eigenvalue weighted by atomic mass is 10.1. The fourth-order valence-electron chi connectivity index (χ4n) is 1.32. The lowest BCUT2D eigenvalue weighted by Gasteiger charge is -2.08. The van der Waals surface area contributed by atoms with Crippen molar-refractivity contribution >= 4 is 11.5 Å². The van der Waals surface area contributed by atoms with Crippen LogP contribution in [0.4, 0.5) is 5.69 Å². The summed E-state index contributed by atoms with van der Waals surface area (Å²) in [6, 6.07) is 5.11. The minimum absolute atomic E-state index is 0.0557. The number of hydrogen-bond donors (Lipinski definition) is 1. The summed E-state index contributed by atoms with van der Waals surface area (Å²) in [7, 11) is 1.65. The Morgan fingerprint density at radius 1 is 1.38 bits per heavy atom. The van der Waals surface area contributed by atoms with Gasteiger partial charge in [0.1, 0.15) is 5.75 Å². The molecule has 0 bridgehead atoms. The fraction of sp³-hybridized carbons (Fsp3) is 0.417. The number of nitrogens with two attached hydrogens (primary N) is 1. The van der Waals surface area contributed by atoms with Gasteiger partial charge in [-0.2, -0.15) is 0 Å². The first-order valence-corrected chi connectivity index (χ1v) is 5.17. The van der Waals surface area contributed by atoms with Crippen molar-refractivity contribution < 1.29 is 14.3 Å². The van der Waals surface area contributed by atoms with Gasteiger partial charge in [-0.15, -0.1) is 0 Å². The summed E-state index contributed by atoms with van der Waals surface area (Å²) in [5.41, 5.74) is 6.66. The molecule has 0 radical (unpaired) electrons. The van der Waals surface area contributed by atoms with Crippen molar-refractivity contribution in [2.75, 3.05) is 26.1 Å². The van der Waals surface area contributed by atoms with Crippen molar-refractivity contribution in [3.8, 4) is 5.75 Å². The predicted octanol–water partition coefficient (Wildman–Crippen LogP) is 1.89. The van der Waals surface area contributed by atoms with Crippen molar-refractivity contribution in [3.05, 3.63) is 23.8 Å². The average Bonchev–Trinajstić information content (AvgIpc) is 2.26. The van der Waals surface area contributed by atoms with E-state index in [-0.39, 0.29) is 5.78 Å². The average molecular weight is 223 g/mol. The maximum absolute atomic E-state index is 11.2. The van der Waals surface area contributed by atoms with Gasteiger partial charge in [0.05, 0.1) is 6.61 Å². The number of carbonyl (C=O) groups is 1. The number of ketones is 1.